The number of fused-ring (bicyclic) bond motifs is 1. The fourth-order valence-electron chi connectivity index (χ4n) is 3.68. The lowest BCUT2D eigenvalue weighted by Gasteiger charge is -2.31. The van der Waals surface area contributed by atoms with E-state index < -0.39 is 0 Å². The maximum absolute atomic E-state index is 13.8. The van der Waals surface area contributed by atoms with Crippen LogP contribution in [0.1, 0.15) is 24.0 Å². The maximum Gasteiger partial charge on any atom is 0.276 e. The van der Waals surface area contributed by atoms with Gasteiger partial charge >= 0.3 is 0 Å². The van der Waals surface area contributed by atoms with E-state index in [9.17, 15) is 9.18 Å². The van der Waals surface area contributed by atoms with Gasteiger partial charge in [-0.3, -0.25) is 4.79 Å². The van der Waals surface area contributed by atoms with E-state index in [0.29, 0.717) is 34.9 Å². The molecule has 8 heteroatoms. The van der Waals surface area contributed by atoms with Crippen LogP contribution in [-0.4, -0.2) is 33.3 Å². The summed E-state index contributed by atoms with van der Waals surface area (Å²) in [5.74, 6) is 0.356. The first-order valence-corrected chi connectivity index (χ1v) is 9.33. The molecule has 1 fully saturated rings. The molecule has 1 atom stereocenters. The number of aryl methyl sites for hydroxylation is 1. The predicted octanol–water partition coefficient (Wildman–Crippen LogP) is 2.34. The fraction of sp³-hybridized carbons (Fsp3) is 0.368. The number of nitrogens with two attached hydrogens (primary N) is 1. The Kier molecular flexibility index (Phi) is 4.65. The lowest BCUT2D eigenvalue weighted by molar-refractivity contribution is 0.502. The molecule has 1 aliphatic heterocycles. The van der Waals surface area contributed by atoms with Gasteiger partial charge in [0.05, 0.1) is 0 Å². The Morgan fingerprint density at radius 1 is 1.37 bits per heavy atom. The van der Waals surface area contributed by atoms with Crippen LogP contribution < -0.4 is 16.2 Å². The van der Waals surface area contributed by atoms with Gasteiger partial charge in [0, 0.05) is 55.6 Å². The Morgan fingerprint density at radius 2 is 2.19 bits per heavy atom. The van der Waals surface area contributed by atoms with E-state index in [4.69, 9.17) is 17.3 Å². The quantitative estimate of drug-likeness (QED) is 0.746. The third-order valence-electron chi connectivity index (χ3n) is 5.07. The van der Waals surface area contributed by atoms with Crippen molar-refractivity contribution in [3.63, 3.8) is 0 Å². The number of aromatic nitrogens is 3. The van der Waals surface area contributed by atoms with Gasteiger partial charge < -0.3 is 15.2 Å². The first-order chi connectivity index (χ1) is 12.9. The van der Waals surface area contributed by atoms with E-state index in [2.05, 4.69) is 10.00 Å². The number of hydrogen-bond acceptors (Lipinski definition) is 4. The molecule has 0 saturated carbocycles. The normalized spacial score (nSPS) is 17.6. The monoisotopic (exact) mass is 389 g/mol. The topological polar surface area (TPSA) is 68.6 Å². The fourth-order valence-corrected chi connectivity index (χ4v) is 3.86. The van der Waals surface area contributed by atoms with Crippen LogP contribution in [0.25, 0.3) is 5.52 Å². The summed E-state index contributed by atoms with van der Waals surface area (Å²) in [6, 6.07) is 4.33. The van der Waals surface area contributed by atoms with Gasteiger partial charge in [0.2, 0.25) is 0 Å². The molecule has 2 aromatic heterocycles. The van der Waals surface area contributed by atoms with Gasteiger partial charge in [0.15, 0.2) is 5.82 Å². The number of piperidine rings is 1. The minimum atomic E-state index is -0.361. The standard InChI is InChI=1S/C19H21ClFN5O/c1-24-7-8-26-17(19(24)27)15(10-12-9-13(21)4-5-16(12)20)18(23-26)25-6-2-3-14(22)11-25/h4-5,7-9,14H,2-3,6,10-11,22H2,1H3/t14-/m1/s1. The molecule has 4 rings (SSSR count). The van der Waals surface area contributed by atoms with Crippen molar-refractivity contribution in [2.24, 2.45) is 12.8 Å². The second-order valence-electron chi connectivity index (χ2n) is 7.07. The lowest BCUT2D eigenvalue weighted by Crippen LogP contribution is -2.43. The zero-order valence-electron chi connectivity index (χ0n) is 15.0. The summed E-state index contributed by atoms with van der Waals surface area (Å²) in [5.41, 5.74) is 7.85. The van der Waals surface area contributed by atoms with Crippen LogP contribution in [0.5, 0.6) is 0 Å². The molecule has 2 N–H and O–H groups in total. The molecule has 3 aromatic rings. The van der Waals surface area contributed by atoms with E-state index in [1.54, 1.807) is 24.0 Å². The molecular formula is C19H21ClFN5O. The van der Waals surface area contributed by atoms with Gasteiger partial charge in [-0.25, -0.2) is 8.91 Å². The summed E-state index contributed by atoms with van der Waals surface area (Å²) >= 11 is 6.29. The van der Waals surface area contributed by atoms with E-state index in [1.807, 2.05) is 0 Å². The second-order valence-corrected chi connectivity index (χ2v) is 7.48. The number of benzene rings is 1. The summed E-state index contributed by atoms with van der Waals surface area (Å²) in [6.45, 7) is 1.50. The van der Waals surface area contributed by atoms with Crippen LogP contribution in [0.2, 0.25) is 5.02 Å². The number of halogens is 2. The van der Waals surface area contributed by atoms with Gasteiger partial charge in [0.1, 0.15) is 11.3 Å². The zero-order chi connectivity index (χ0) is 19.1. The highest BCUT2D eigenvalue weighted by atomic mass is 35.5. The third kappa shape index (κ3) is 3.33. The van der Waals surface area contributed by atoms with E-state index in [-0.39, 0.29) is 17.4 Å². The number of rotatable bonds is 3. The Balaban J connectivity index is 1.90. The summed E-state index contributed by atoms with van der Waals surface area (Å²) in [4.78, 5) is 14.9. The van der Waals surface area contributed by atoms with Crippen molar-refractivity contribution in [2.75, 3.05) is 18.0 Å². The maximum atomic E-state index is 13.8. The van der Waals surface area contributed by atoms with Crippen molar-refractivity contribution in [2.45, 2.75) is 25.3 Å². The molecule has 0 spiro atoms. The van der Waals surface area contributed by atoms with Crippen molar-refractivity contribution in [3.05, 3.63) is 62.9 Å². The van der Waals surface area contributed by atoms with Crippen LogP contribution in [0.3, 0.4) is 0 Å². The average Bonchev–Trinajstić information content (AvgIpc) is 3.00. The minimum absolute atomic E-state index is 0.0667. The van der Waals surface area contributed by atoms with E-state index >= 15 is 0 Å². The molecule has 0 aliphatic carbocycles. The second kappa shape index (κ2) is 6.98. The molecule has 27 heavy (non-hydrogen) atoms. The highest BCUT2D eigenvalue weighted by molar-refractivity contribution is 6.31. The molecule has 0 amide bonds. The minimum Gasteiger partial charge on any atom is -0.353 e. The van der Waals surface area contributed by atoms with Crippen molar-refractivity contribution in [1.29, 1.82) is 0 Å². The van der Waals surface area contributed by atoms with Gasteiger partial charge in [0.25, 0.3) is 5.56 Å². The lowest BCUT2D eigenvalue weighted by atomic mass is 10.0. The molecule has 142 valence electrons. The summed E-state index contributed by atoms with van der Waals surface area (Å²) in [6.07, 6.45) is 5.68. The van der Waals surface area contributed by atoms with Crippen LogP contribution in [0.4, 0.5) is 10.2 Å². The summed E-state index contributed by atoms with van der Waals surface area (Å²) in [5, 5.41) is 5.12. The van der Waals surface area contributed by atoms with Gasteiger partial charge in [-0.15, -0.1) is 5.10 Å². The van der Waals surface area contributed by atoms with Crippen molar-refractivity contribution in [1.82, 2.24) is 14.2 Å². The Morgan fingerprint density at radius 3 is 2.96 bits per heavy atom. The van der Waals surface area contributed by atoms with E-state index in [1.165, 1.54) is 22.8 Å². The molecule has 6 nitrogen and oxygen atoms in total. The van der Waals surface area contributed by atoms with Gasteiger partial charge in [-0.1, -0.05) is 11.6 Å². The van der Waals surface area contributed by atoms with Gasteiger partial charge in [-0.2, -0.15) is 0 Å². The number of anilines is 1. The van der Waals surface area contributed by atoms with Crippen molar-refractivity contribution in [3.8, 4) is 0 Å². The first-order valence-electron chi connectivity index (χ1n) is 8.95. The molecule has 0 radical (unpaired) electrons. The first kappa shape index (κ1) is 18.0. The summed E-state index contributed by atoms with van der Waals surface area (Å²) < 4.78 is 16.9. The summed E-state index contributed by atoms with van der Waals surface area (Å²) in [7, 11) is 1.70. The molecule has 1 aliphatic rings. The van der Waals surface area contributed by atoms with E-state index in [0.717, 1.165) is 24.9 Å². The molecular weight excluding hydrogens is 369 g/mol. The zero-order valence-corrected chi connectivity index (χ0v) is 15.8. The highest BCUT2D eigenvalue weighted by Crippen LogP contribution is 2.29. The van der Waals surface area contributed by atoms with Crippen LogP contribution >= 0.6 is 11.6 Å². The third-order valence-corrected chi connectivity index (χ3v) is 5.44. The van der Waals surface area contributed by atoms with Crippen LogP contribution in [0, 0.1) is 5.82 Å². The SMILES string of the molecule is Cn1ccn2nc(N3CCC[C@@H](N)C3)c(Cc3cc(F)ccc3Cl)c2c1=O. The van der Waals surface area contributed by atoms with Crippen molar-refractivity contribution >= 4 is 22.9 Å². The molecule has 1 aromatic carbocycles. The molecule has 0 unspecified atom stereocenters. The highest BCUT2D eigenvalue weighted by Gasteiger charge is 2.25. The number of hydrogen-bond donors (Lipinski definition) is 1. The molecule has 3 heterocycles. The smallest absolute Gasteiger partial charge is 0.276 e. The van der Waals surface area contributed by atoms with Crippen LogP contribution in [0.15, 0.2) is 35.4 Å². The Bertz CT molecular complexity index is 1060. The van der Waals surface area contributed by atoms with Gasteiger partial charge in [-0.05, 0) is 36.6 Å². The Hall–Kier alpha value is -2.38. The average molecular weight is 390 g/mol. The number of nitrogens with zero attached hydrogens (tertiary/aromatic N) is 4. The van der Waals surface area contributed by atoms with Crippen LogP contribution in [-0.2, 0) is 13.5 Å². The Labute approximate surface area is 161 Å². The predicted molar refractivity (Wildman–Crippen MR) is 104 cm³/mol. The molecule has 1 saturated heterocycles. The van der Waals surface area contributed by atoms with Crippen molar-refractivity contribution < 1.29 is 4.39 Å². The largest absolute Gasteiger partial charge is 0.353 e. The molecule has 0 bridgehead atoms.